The summed E-state index contributed by atoms with van der Waals surface area (Å²) < 4.78 is 13.6. The van der Waals surface area contributed by atoms with Crippen LogP contribution < -0.4 is 11.1 Å². The van der Waals surface area contributed by atoms with Gasteiger partial charge in [-0.1, -0.05) is 18.3 Å². The number of benzene rings is 1. The number of hydrogen-bond donors (Lipinski definition) is 2. The van der Waals surface area contributed by atoms with Gasteiger partial charge in [0.2, 0.25) is 5.91 Å². The Bertz CT molecular complexity index is 476. The van der Waals surface area contributed by atoms with Crippen molar-refractivity contribution in [3.05, 3.63) is 29.6 Å². The Kier molecular flexibility index (Phi) is 4.61. The molecule has 0 bridgehead atoms. The van der Waals surface area contributed by atoms with Crippen molar-refractivity contribution in [1.29, 1.82) is 0 Å². The van der Waals surface area contributed by atoms with Gasteiger partial charge in [0.15, 0.2) is 0 Å². The average molecular weight is 269 g/mol. The van der Waals surface area contributed by atoms with Gasteiger partial charge in [0.25, 0.3) is 0 Å². The minimum absolute atomic E-state index is 0.0416. The number of anilines is 1. The lowest BCUT2D eigenvalue weighted by Gasteiger charge is -2.20. The number of nitrogens with zero attached hydrogens (tertiary/aromatic N) is 1. The standard InChI is InChI=1S/C12H16FN3OS/c1-7(12(17)16(2)3)15-9-6-4-5-8(13)10(9)11(14)18/h4-7,15H,1-3H3,(H2,14,18). The summed E-state index contributed by atoms with van der Waals surface area (Å²) in [7, 11) is 3.31. The number of nitrogens with one attached hydrogen (secondary N) is 1. The van der Waals surface area contributed by atoms with E-state index in [4.69, 9.17) is 18.0 Å². The molecule has 0 saturated carbocycles. The summed E-state index contributed by atoms with van der Waals surface area (Å²) >= 11 is 4.81. The Morgan fingerprint density at radius 2 is 2.11 bits per heavy atom. The van der Waals surface area contributed by atoms with Crippen LogP contribution in [0.5, 0.6) is 0 Å². The van der Waals surface area contributed by atoms with E-state index in [1.54, 1.807) is 27.1 Å². The maximum absolute atomic E-state index is 13.6. The predicted molar refractivity (Wildman–Crippen MR) is 74.1 cm³/mol. The van der Waals surface area contributed by atoms with Gasteiger partial charge >= 0.3 is 0 Å². The summed E-state index contributed by atoms with van der Waals surface area (Å²) in [6.07, 6.45) is 0. The fourth-order valence-corrected chi connectivity index (χ4v) is 1.78. The number of halogens is 1. The van der Waals surface area contributed by atoms with E-state index in [0.717, 1.165) is 0 Å². The van der Waals surface area contributed by atoms with Crippen molar-refractivity contribution >= 4 is 28.8 Å². The Labute approximate surface area is 111 Å². The van der Waals surface area contributed by atoms with Crippen molar-refractivity contribution < 1.29 is 9.18 Å². The molecule has 0 radical (unpaired) electrons. The summed E-state index contributed by atoms with van der Waals surface area (Å²) in [6.45, 7) is 1.69. The van der Waals surface area contributed by atoms with Crippen LogP contribution in [0, 0.1) is 5.82 Å². The highest BCUT2D eigenvalue weighted by Gasteiger charge is 2.18. The van der Waals surface area contributed by atoms with E-state index in [-0.39, 0.29) is 16.5 Å². The molecule has 0 aliphatic heterocycles. The van der Waals surface area contributed by atoms with Gasteiger partial charge < -0.3 is 16.0 Å². The summed E-state index contributed by atoms with van der Waals surface area (Å²) in [6, 6.07) is 3.96. The van der Waals surface area contributed by atoms with Crippen LogP contribution in [0.2, 0.25) is 0 Å². The molecule has 1 atom stereocenters. The van der Waals surface area contributed by atoms with Gasteiger partial charge in [-0.05, 0) is 19.1 Å². The van der Waals surface area contributed by atoms with Gasteiger partial charge in [-0.3, -0.25) is 4.79 Å². The second-order valence-corrected chi connectivity index (χ2v) is 4.57. The zero-order valence-electron chi connectivity index (χ0n) is 10.5. The molecule has 0 aliphatic rings. The van der Waals surface area contributed by atoms with Gasteiger partial charge in [-0.2, -0.15) is 0 Å². The lowest BCUT2D eigenvalue weighted by molar-refractivity contribution is -0.129. The van der Waals surface area contributed by atoms with Crippen LogP contribution in [0.25, 0.3) is 0 Å². The molecule has 0 heterocycles. The smallest absolute Gasteiger partial charge is 0.244 e. The molecule has 0 saturated heterocycles. The molecule has 0 spiro atoms. The minimum Gasteiger partial charge on any atom is -0.389 e. The van der Waals surface area contributed by atoms with Crippen LogP contribution in [0.15, 0.2) is 18.2 Å². The van der Waals surface area contributed by atoms with Gasteiger partial charge in [-0.15, -0.1) is 0 Å². The first-order chi connectivity index (χ1) is 8.34. The number of hydrogen-bond acceptors (Lipinski definition) is 3. The van der Waals surface area contributed by atoms with Crippen LogP contribution in [0.3, 0.4) is 0 Å². The first-order valence-corrected chi connectivity index (χ1v) is 5.81. The fraction of sp³-hybridized carbons (Fsp3) is 0.333. The van der Waals surface area contributed by atoms with Crippen molar-refractivity contribution in [2.45, 2.75) is 13.0 Å². The van der Waals surface area contributed by atoms with Gasteiger partial charge in [0.05, 0.1) is 5.56 Å². The highest BCUT2D eigenvalue weighted by Crippen LogP contribution is 2.19. The Balaban J connectivity index is 3.01. The third kappa shape index (κ3) is 3.16. The van der Waals surface area contributed by atoms with Crippen LogP contribution in [-0.4, -0.2) is 35.9 Å². The number of nitrogens with two attached hydrogens (primary N) is 1. The Morgan fingerprint density at radius 3 is 2.61 bits per heavy atom. The monoisotopic (exact) mass is 269 g/mol. The van der Waals surface area contributed by atoms with E-state index in [1.807, 2.05) is 0 Å². The van der Waals surface area contributed by atoms with Gasteiger partial charge in [0, 0.05) is 19.8 Å². The van der Waals surface area contributed by atoms with Crippen molar-refractivity contribution in [2.24, 2.45) is 5.73 Å². The maximum atomic E-state index is 13.6. The van der Waals surface area contributed by atoms with E-state index in [1.165, 1.54) is 17.0 Å². The SMILES string of the molecule is CC(Nc1cccc(F)c1C(N)=S)C(=O)N(C)C. The molecular formula is C12H16FN3OS. The number of carbonyl (C=O) groups excluding carboxylic acids is 1. The Morgan fingerprint density at radius 1 is 1.50 bits per heavy atom. The summed E-state index contributed by atoms with van der Waals surface area (Å²) in [5.74, 6) is -0.620. The largest absolute Gasteiger partial charge is 0.389 e. The van der Waals surface area contributed by atoms with Crippen LogP contribution >= 0.6 is 12.2 Å². The Hall–Kier alpha value is -1.69. The van der Waals surface area contributed by atoms with E-state index in [0.29, 0.717) is 5.69 Å². The normalized spacial score (nSPS) is 11.8. The minimum atomic E-state index is -0.503. The summed E-state index contributed by atoms with van der Waals surface area (Å²) in [5, 5.41) is 2.92. The molecule has 1 rings (SSSR count). The molecule has 98 valence electrons. The first-order valence-electron chi connectivity index (χ1n) is 5.40. The van der Waals surface area contributed by atoms with E-state index < -0.39 is 11.9 Å². The van der Waals surface area contributed by atoms with Gasteiger partial charge in [-0.25, -0.2) is 4.39 Å². The molecule has 0 aliphatic carbocycles. The predicted octanol–water partition coefficient (Wildman–Crippen LogP) is 1.35. The molecular weight excluding hydrogens is 253 g/mol. The van der Waals surface area contributed by atoms with Gasteiger partial charge in [0.1, 0.15) is 16.8 Å². The number of amides is 1. The number of rotatable bonds is 4. The summed E-state index contributed by atoms with van der Waals surface area (Å²) in [4.78, 5) is 13.1. The number of likely N-dealkylation sites (N-methyl/N-ethyl adjacent to an activating group) is 1. The van der Waals surface area contributed by atoms with Crippen LogP contribution in [-0.2, 0) is 4.79 Å². The molecule has 0 fully saturated rings. The third-order valence-electron chi connectivity index (χ3n) is 2.44. The molecule has 6 heteroatoms. The highest BCUT2D eigenvalue weighted by molar-refractivity contribution is 7.80. The highest BCUT2D eigenvalue weighted by atomic mass is 32.1. The van der Waals surface area contributed by atoms with Crippen LogP contribution in [0.1, 0.15) is 12.5 Å². The maximum Gasteiger partial charge on any atom is 0.244 e. The molecule has 1 unspecified atom stereocenters. The fourth-order valence-electron chi connectivity index (χ4n) is 1.58. The van der Waals surface area contributed by atoms with Crippen molar-refractivity contribution in [3.63, 3.8) is 0 Å². The summed E-state index contributed by atoms with van der Waals surface area (Å²) in [5.41, 5.74) is 6.04. The molecule has 3 N–H and O–H groups in total. The van der Waals surface area contributed by atoms with Crippen molar-refractivity contribution in [2.75, 3.05) is 19.4 Å². The van der Waals surface area contributed by atoms with Crippen LogP contribution in [0.4, 0.5) is 10.1 Å². The van der Waals surface area contributed by atoms with Crippen molar-refractivity contribution in [1.82, 2.24) is 4.90 Å². The number of carbonyl (C=O) groups is 1. The third-order valence-corrected chi connectivity index (χ3v) is 2.65. The molecule has 1 aromatic rings. The lowest BCUT2D eigenvalue weighted by Crippen LogP contribution is -2.37. The molecule has 1 aromatic carbocycles. The molecule has 0 aromatic heterocycles. The number of thiocarbonyl (C=S) groups is 1. The van der Waals surface area contributed by atoms with E-state index in [9.17, 15) is 9.18 Å². The average Bonchev–Trinajstić information content (AvgIpc) is 2.27. The first kappa shape index (κ1) is 14.4. The van der Waals surface area contributed by atoms with E-state index >= 15 is 0 Å². The second-order valence-electron chi connectivity index (χ2n) is 4.13. The van der Waals surface area contributed by atoms with E-state index in [2.05, 4.69) is 5.32 Å². The zero-order valence-corrected chi connectivity index (χ0v) is 11.3. The second kappa shape index (κ2) is 5.77. The lowest BCUT2D eigenvalue weighted by atomic mass is 10.1. The zero-order chi connectivity index (χ0) is 13.9. The molecule has 4 nitrogen and oxygen atoms in total. The topological polar surface area (TPSA) is 58.4 Å². The van der Waals surface area contributed by atoms with Crippen molar-refractivity contribution in [3.8, 4) is 0 Å². The molecule has 1 amide bonds. The quantitative estimate of drug-likeness (QED) is 0.810. The molecule has 18 heavy (non-hydrogen) atoms.